The summed E-state index contributed by atoms with van der Waals surface area (Å²) in [5.74, 6) is -0.00456. The van der Waals surface area contributed by atoms with Crippen LogP contribution in [0.25, 0.3) is 0 Å². The molecule has 0 atom stereocenters. The largest absolute Gasteiger partial charge is 0.409 e. The van der Waals surface area contributed by atoms with E-state index in [0.29, 0.717) is 17.1 Å². The Kier molecular flexibility index (Phi) is 5.00. The van der Waals surface area contributed by atoms with Crippen molar-refractivity contribution >= 4 is 23.1 Å². The molecule has 2 rings (SSSR count). The first-order chi connectivity index (χ1) is 10.2. The number of nitrogens with zero attached hydrogens (tertiary/aromatic N) is 3. The lowest BCUT2D eigenvalue weighted by Crippen LogP contribution is -2.26. The Bertz CT molecular complexity index is 631. The van der Waals surface area contributed by atoms with Crippen molar-refractivity contribution in [2.24, 2.45) is 10.9 Å². The summed E-state index contributed by atoms with van der Waals surface area (Å²) < 4.78 is 0. The van der Waals surface area contributed by atoms with Crippen molar-refractivity contribution in [2.45, 2.75) is 13.5 Å². The molecule has 0 aliphatic rings. The molecule has 0 saturated heterocycles. The van der Waals surface area contributed by atoms with Crippen LogP contribution < -0.4 is 10.6 Å². The number of anilines is 1. The average molecular weight is 305 g/mol. The molecule has 0 unspecified atom stereocenters. The van der Waals surface area contributed by atoms with Crippen LogP contribution in [0.15, 0.2) is 47.8 Å². The number of aromatic nitrogens is 1. The molecule has 1 aromatic carbocycles. The van der Waals surface area contributed by atoms with Crippen molar-refractivity contribution in [3.8, 4) is 0 Å². The molecule has 3 N–H and O–H groups in total. The van der Waals surface area contributed by atoms with Crippen LogP contribution in [0.4, 0.5) is 5.69 Å². The van der Waals surface area contributed by atoms with Gasteiger partial charge in [0.1, 0.15) is 0 Å². The van der Waals surface area contributed by atoms with Gasteiger partial charge >= 0.3 is 0 Å². The van der Waals surface area contributed by atoms with Gasteiger partial charge in [0.15, 0.2) is 5.84 Å². The zero-order valence-electron chi connectivity index (χ0n) is 11.7. The van der Waals surface area contributed by atoms with Gasteiger partial charge < -0.3 is 15.8 Å². The van der Waals surface area contributed by atoms with Crippen molar-refractivity contribution in [3.63, 3.8) is 0 Å². The molecule has 5 nitrogen and oxygen atoms in total. The topological polar surface area (TPSA) is 74.7 Å². The van der Waals surface area contributed by atoms with Gasteiger partial charge in [0.05, 0.1) is 22.8 Å². The molecule has 0 bridgehead atoms. The summed E-state index contributed by atoms with van der Waals surface area (Å²) in [4.78, 5) is 6.39. The van der Waals surface area contributed by atoms with Gasteiger partial charge in [-0.2, -0.15) is 0 Å². The molecule has 0 amide bonds. The van der Waals surface area contributed by atoms with Crippen LogP contribution in [0, 0.1) is 0 Å². The molecular formula is C15H17ClN4O. The highest BCUT2D eigenvalue weighted by Crippen LogP contribution is 2.28. The Balaban J connectivity index is 2.41. The number of pyridine rings is 1. The summed E-state index contributed by atoms with van der Waals surface area (Å²) in [6.07, 6.45) is 1.76. The summed E-state index contributed by atoms with van der Waals surface area (Å²) >= 11 is 6.19. The molecule has 110 valence electrons. The molecule has 0 fully saturated rings. The van der Waals surface area contributed by atoms with E-state index in [9.17, 15) is 0 Å². The number of nitrogens with two attached hydrogens (primary N) is 1. The monoisotopic (exact) mass is 304 g/mol. The van der Waals surface area contributed by atoms with E-state index in [2.05, 4.69) is 15.0 Å². The molecule has 21 heavy (non-hydrogen) atoms. The van der Waals surface area contributed by atoms with E-state index in [0.717, 1.165) is 17.9 Å². The lowest BCUT2D eigenvalue weighted by molar-refractivity contribution is 0.318. The molecular weight excluding hydrogens is 288 g/mol. The van der Waals surface area contributed by atoms with Gasteiger partial charge in [-0.1, -0.05) is 28.9 Å². The summed E-state index contributed by atoms with van der Waals surface area (Å²) in [5.41, 5.74) is 8.03. The Morgan fingerprint density at radius 1 is 1.33 bits per heavy atom. The molecule has 0 spiro atoms. The molecule has 1 heterocycles. The van der Waals surface area contributed by atoms with Gasteiger partial charge in [-0.3, -0.25) is 4.98 Å². The Labute approximate surface area is 128 Å². The standard InChI is InChI=1S/C15H17ClN4O/c1-2-20(10-11-6-3-4-9-18-11)13-8-5-7-12(16)14(13)15(17)19-21/h3-9,21H,2,10H2,1H3,(H2,17,19). The molecule has 2 aromatic rings. The minimum absolute atomic E-state index is 0.00456. The number of amidine groups is 1. The number of hydrogen-bond donors (Lipinski definition) is 2. The van der Waals surface area contributed by atoms with Crippen LogP contribution in [-0.2, 0) is 6.54 Å². The lowest BCUT2D eigenvalue weighted by atomic mass is 10.1. The van der Waals surface area contributed by atoms with Gasteiger partial charge in [-0.05, 0) is 31.2 Å². The van der Waals surface area contributed by atoms with Crippen LogP contribution in [0.1, 0.15) is 18.2 Å². The maximum Gasteiger partial charge on any atom is 0.173 e. The molecule has 6 heteroatoms. The maximum atomic E-state index is 8.95. The van der Waals surface area contributed by atoms with Crippen molar-refractivity contribution in [1.82, 2.24) is 4.98 Å². The fourth-order valence-electron chi connectivity index (χ4n) is 2.13. The summed E-state index contributed by atoms with van der Waals surface area (Å²) in [7, 11) is 0. The normalized spacial score (nSPS) is 11.4. The number of benzene rings is 1. The lowest BCUT2D eigenvalue weighted by Gasteiger charge is -2.25. The van der Waals surface area contributed by atoms with Crippen molar-refractivity contribution in [2.75, 3.05) is 11.4 Å². The van der Waals surface area contributed by atoms with Gasteiger partial charge in [0.2, 0.25) is 0 Å². The first kappa shape index (κ1) is 15.1. The van der Waals surface area contributed by atoms with Gasteiger partial charge in [0, 0.05) is 18.4 Å². The third-order valence-corrected chi connectivity index (χ3v) is 3.47. The SMILES string of the molecule is CCN(Cc1ccccn1)c1cccc(Cl)c1/C(N)=N/O. The smallest absolute Gasteiger partial charge is 0.173 e. The Hall–Kier alpha value is -2.27. The van der Waals surface area contributed by atoms with E-state index in [-0.39, 0.29) is 5.84 Å². The van der Waals surface area contributed by atoms with Crippen LogP contribution in [0.3, 0.4) is 0 Å². The summed E-state index contributed by atoms with van der Waals surface area (Å²) in [6, 6.07) is 11.2. The highest BCUT2D eigenvalue weighted by Gasteiger charge is 2.16. The zero-order valence-corrected chi connectivity index (χ0v) is 12.5. The molecule has 0 aliphatic heterocycles. The molecule has 0 aliphatic carbocycles. The fourth-order valence-corrected chi connectivity index (χ4v) is 2.40. The third-order valence-electron chi connectivity index (χ3n) is 3.16. The van der Waals surface area contributed by atoms with E-state index in [4.69, 9.17) is 22.5 Å². The van der Waals surface area contributed by atoms with E-state index in [1.54, 1.807) is 12.3 Å². The minimum atomic E-state index is -0.00456. The Morgan fingerprint density at radius 2 is 2.14 bits per heavy atom. The quantitative estimate of drug-likeness (QED) is 0.385. The van der Waals surface area contributed by atoms with Crippen LogP contribution in [-0.4, -0.2) is 22.6 Å². The molecule has 0 saturated carbocycles. The van der Waals surface area contributed by atoms with Crippen LogP contribution in [0.5, 0.6) is 0 Å². The van der Waals surface area contributed by atoms with E-state index in [1.807, 2.05) is 37.3 Å². The Morgan fingerprint density at radius 3 is 2.76 bits per heavy atom. The van der Waals surface area contributed by atoms with Crippen molar-refractivity contribution in [1.29, 1.82) is 0 Å². The second-order valence-corrected chi connectivity index (χ2v) is 4.86. The second kappa shape index (κ2) is 6.95. The van der Waals surface area contributed by atoms with Crippen LogP contribution in [0.2, 0.25) is 5.02 Å². The number of oxime groups is 1. The van der Waals surface area contributed by atoms with Crippen LogP contribution >= 0.6 is 11.6 Å². The molecule has 1 aromatic heterocycles. The highest BCUT2D eigenvalue weighted by molar-refractivity contribution is 6.34. The number of rotatable bonds is 5. The number of hydrogen-bond acceptors (Lipinski definition) is 4. The minimum Gasteiger partial charge on any atom is -0.409 e. The zero-order chi connectivity index (χ0) is 15.2. The highest BCUT2D eigenvalue weighted by atomic mass is 35.5. The van der Waals surface area contributed by atoms with E-state index >= 15 is 0 Å². The van der Waals surface area contributed by atoms with E-state index < -0.39 is 0 Å². The summed E-state index contributed by atoms with van der Waals surface area (Å²) in [5, 5.41) is 12.5. The first-order valence-electron chi connectivity index (χ1n) is 6.58. The van der Waals surface area contributed by atoms with Gasteiger partial charge in [-0.25, -0.2) is 0 Å². The molecule has 0 radical (unpaired) electrons. The van der Waals surface area contributed by atoms with Gasteiger partial charge in [-0.15, -0.1) is 0 Å². The maximum absolute atomic E-state index is 8.95. The summed E-state index contributed by atoms with van der Waals surface area (Å²) in [6.45, 7) is 3.38. The van der Waals surface area contributed by atoms with Crippen molar-refractivity contribution < 1.29 is 5.21 Å². The second-order valence-electron chi connectivity index (χ2n) is 4.45. The van der Waals surface area contributed by atoms with E-state index in [1.165, 1.54) is 0 Å². The number of halogens is 1. The average Bonchev–Trinajstić information content (AvgIpc) is 2.52. The van der Waals surface area contributed by atoms with Gasteiger partial charge in [0.25, 0.3) is 0 Å². The predicted octanol–water partition coefficient (Wildman–Crippen LogP) is 2.86. The third kappa shape index (κ3) is 3.44. The van der Waals surface area contributed by atoms with Crippen molar-refractivity contribution in [3.05, 3.63) is 58.9 Å². The predicted molar refractivity (Wildman–Crippen MR) is 84.9 cm³/mol. The first-order valence-corrected chi connectivity index (χ1v) is 6.96. The fraction of sp³-hybridized carbons (Fsp3) is 0.200.